The third kappa shape index (κ3) is 3.61. The Bertz CT molecular complexity index is 393. The number of rotatable bonds is 7. The van der Waals surface area contributed by atoms with Crippen LogP contribution < -0.4 is 10.2 Å². The smallest absolute Gasteiger partial charge is 0.0606 e. The van der Waals surface area contributed by atoms with Gasteiger partial charge in [0, 0.05) is 36.4 Å². The minimum Gasteiger partial charge on any atom is -0.395 e. The maximum atomic E-state index is 9.12. The van der Waals surface area contributed by atoms with Crippen LogP contribution in [0.1, 0.15) is 25.3 Å². The Balaban J connectivity index is 2.14. The highest BCUT2D eigenvalue weighted by atomic mass is 35.5. The first-order valence-corrected chi connectivity index (χ1v) is 7.00. The highest BCUT2D eigenvalue weighted by Crippen LogP contribution is 2.26. The average molecular weight is 269 g/mol. The summed E-state index contributed by atoms with van der Waals surface area (Å²) >= 11 is 6.08. The summed E-state index contributed by atoms with van der Waals surface area (Å²) in [4.78, 5) is 2.18. The van der Waals surface area contributed by atoms with Crippen molar-refractivity contribution in [1.29, 1.82) is 0 Å². The summed E-state index contributed by atoms with van der Waals surface area (Å²) in [6.07, 6.45) is 2.56. The van der Waals surface area contributed by atoms with E-state index >= 15 is 0 Å². The summed E-state index contributed by atoms with van der Waals surface area (Å²) in [5.74, 6) is 0. The van der Waals surface area contributed by atoms with Gasteiger partial charge in [0.2, 0.25) is 0 Å². The van der Waals surface area contributed by atoms with Crippen LogP contribution in [0.4, 0.5) is 5.69 Å². The first-order valence-electron chi connectivity index (χ1n) is 6.62. The van der Waals surface area contributed by atoms with E-state index in [1.807, 2.05) is 18.2 Å². The molecular weight excluding hydrogens is 248 g/mol. The van der Waals surface area contributed by atoms with Crippen molar-refractivity contribution in [2.45, 2.75) is 32.4 Å². The zero-order valence-electron chi connectivity index (χ0n) is 10.8. The third-order valence-corrected chi connectivity index (χ3v) is 3.53. The molecule has 1 aromatic rings. The van der Waals surface area contributed by atoms with E-state index in [2.05, 4.69) is 17.1 Å². The lowest BCUT2D eigenvalue weighted by atomic mass is 10.1. The van der Waals surface area contributed by atoms with Gasteiger partial charge in [0.1, 0.15) is 0 Å². The average Bonchev–Trinajstić information content (AvgIpc) is 3.18. The molecule has 0 atom stereocenters. The maximum absolute atomic E-state index is 9.12. The summed E-state index contributed by atoms with van der Waals surface area (Å²) in [5, 5.41) is 13.4. The van der Waals surface area contributed by atoms with Crippen LogP contribution in [0.2, 0.25) is 5.02 Å². The quantitative estimate of drug-likeness (QED) is 0.797. The summed E-state index contributed by atoms with van der Waals surface area (Å²) in [6, 6.07) is 6.67. The summed E-state index contributed by atoms with van der Waals surface area (Å²) in [5.41, 5.74) is 2.38. The van der Waals surface area contributed by atoms with Crippen molar-refractivity contribution in [1.82, 2.24) is 5.32 Å². The fourth-order valence-corrected chi connectivity index (χ4v) is 2.31. The molecule has 0 aromatic heterocycles. The van der Waals surface area contributed by atoms with Gasteiger partial charge >= 0.3 is 0 Å². The van der Waals surface area contributed by atoms with Crippen LogP contribution in [-0.4, -0.2) is 30.8 Å². The van der Waals surface area contributed by atoms with Crippen molar-refractivity contribution in [2.75, 3.05) is 24.6 Å². The van der Waals surface area contributed by atoms with Gasteiger partial charge in [-0.25, -0.2) is 0 Å². The Morgan fingerprint density at radius 3 is 2.83 bits per heavy atom. The molecule has 1 aliphatic carbocycles. The van der Waals surface area contributed by atoms with Crippen LogP contribution in [0, 0.1) is 0 Å². The first kappa shape index (κ1) is 13.7. The lowest BCUT2D eigenvalue weighted by Crippen LogP contribution is -2.28. The molecule has 2 N–H and O–H groups in total. The molecule has 18 heavy (non-hydrogen) atoms. The standard InChI is InChI=1S/C14H21ClN2O/c1-2-17(7-8-18)14-6-3-12(15)9-11(14)10-16-13-4-5-13/h3,6,9,13,16,18H,2,4-5,7-8,10H2,1H3. The van der Waals surface area contributed by atoms with Gasteiger partial charge in [0.05, 0.1) is 6.61 Å². The SMILES string of the molecule is CCN(CCO)c1ccc(Cl)cc1CNC1CC1. The monoisotopic (exact) mass is 268 g/mol. The molecule has 2 rings (SSSR count). The molecule has 0 radical (unpaired) electrons. The highest BCUT2D eigenvalue weighted by Gasteiger charge is 2.21. The van der Waals surface area contributed by atoms with Crippen molar-refractivity contribution in [2.24, 2.45) is 0 Å². The molecule has 3 nitrogen and oxygen atoms in total. The second-order valence-electron chi connectivity index (χ2n) is 4.73. The van der Waals surface area contributed by atoms with E-state index in [1.165, 1.54) is 24.1 Å². The molecule has 1 aliphatic rings. The molecule has 0 aliphatic heterocycles. The van der Waals surface area contributed by atoms with Gasteiger partial charge < -0.3 is 15.3 Å². The summed E-state index contributed by atoms with van der Waals surface area (Å²) in [6.45, 7) is 4.67. The van der Waals surface area contributed by atoms with E-state index in [0.717, 1.165) is 18.1 Å². The van der Waals surface area contributed by atoms with Crippen molar-refractivity contribution < 1.29 is 5.11 Å². The van der Waals surface area contributed by atoms with Crippen LogP contribution in [0.5, 0.6) is 0 Å². The molecule has 0 saturated heterocycles. The van der Waals surface area contributed by atoms with Crippen molar-refractivity contribution >= 4 is 17.3 Å². The van der Waals surface area contributed by atoms with Gasteiger partial charge in [0.15, 0.2) is 0 Å². The largest absolute Gasteiger partial charge is 0.395 e. The Morgan fingerprint density at radius 2 is 2.22 bits per heavy atom. The Kier molecular flexibility index (Phi) is 4.87. The van der Waals surface area contributed by atoms with Crippen molar-refractivity contribution in [3.05, 3.63) is 28.8 Å². The number of anilines is 1. The number of aliphatic hydroxyl groups is 1. The second-order valence-corrected chi connectivity index (χ2v) is 5.17. The second kappa shape index (κ2) is 6.41. The molecule has 0 heterocycles. The summed E-state index contributed by atoms with van der Waals surface area (Å²) < 4.78 is 0. The normalized spacial score (nSPS) is 14.8. The van der Waals surface area contributed by atoms with Gasteiger partial charge in [-0.2, -0.15) is 0 Å². The lowest BCUT2D eigenvalue weighted by Gasteiger charge is -2.25. The maximum Gasteiger partial charge on any atom is 0.0606 e. The third-order valence-electron chi connectivity index (χ3n) is 3.29. The van der Waals surface area contributed by atoms with Gasteiger partial charge in [-0.3, -0.25) is 0 Å². The highest BCUT2D eigenvalue weighted by molar-refractivity contribution is 6.30. The molecule has 1 aromatic carbocycles. The minimum atomic E-state index is 0.173. The fraction of sp³-hybridized carbons (Fsp3) is 0.571. The number of benzene rings is 1. The molecule has 0 unspecified atom stereocenters. The van der Waals surface area contributed by atoms with E-state index in [4.69, 9.17) is 16.7 Å². The number of likely N-dealkylation sites (N-methyl/N-ethyl adjacent to an activating group) is 1. The number of halogens is 1. The molecule has 100 valence electrons. The summed E-state index contributed by atoms with van der Waals surface area (Å²) in [7, 11) is 0. The predicted octanol–water partition coefficient (Wildman–Crippen LogP) is 2.41. The van der Waals surface area contributed by atoms with E-state index < -0.39 is 0 Å². The molecule has 1 fully saturated rings. The number of nitrogens with one attached hydrogen (secondary N) is 1. The Morgan fingerprint density at radius 1 is 1.44 bits per heavy atom. The Labute approximate surface area is 114 Å². The van der Waals surface area contributed by atoms with E-state index in [-0.39, 0.29) is 6.61 Å². The van der Waals surface area contributed by atoms with E-state index in [9.17, 15) is 0 Å². The van der Waals surface area contributed by atoms with Crippen LogP contribution in [0.25, 0.3) is 0 Å². The van der Waals surface area contributed by atoms with Crippen LogP contribution >= 0.6 is 11.6 Å². The minimum absolute atomic E-state index is 0.173. The van der Waals surface area contributed by atoms with Crippen molar-refractivity contribution in [3.63, 3.8) is 0 Å². The zero-order chi connectivity index (χ0) is 13.0. The number of nitrogens with zero attached hydrogens (tertiary/aromatic N) is 1. The molecule has 4 heteroatoms. The van der Waals surface area contributed by atoms with E-state index in [0.29, 0.717) is 12.6 Å². The Hall–Kier alpha value is -0.770. The topological polar surface area (TPSA) is 35.5 Å². The van der Waals surface area contributed by atoms with E-state index in [1.54, 1.807) is 0 Å². The molecule has 1 saturated carbocycles. The van der Waals surface area contributed by atoms with Crippen LogP contribution in [0.15, 0.2) is 18.2 Å². The van der Waals surface area contributed by atoms with Crippen LogP contribution in [-0.2, 0) is 6.54 Å². The lowest BCUT2D eigenvalue weighted by molar-refractivity contribution is 0.302. The number of aliphatic hydroxyl groups excluding tert-OH is 1. The molecule has 0 bridgehead atoms. The first-order chi connectivity index (χ1) is 8.74. The van der Waals surface area contributed by atoms with Gasteiger partial charge in [-0.15, -0.1) is 0 Å². The zero-order valence-corrected chi connectivity index (χ0v) is 11.6. The van der Waals surface area contributed by atoms with Crippen LogP contribution in [0.3, 0.4) is 0 Å². The fourth-order valence-electron chi connectivity index (χ4n) is 2.12. The predicted molar refractivity (Wildman–Crippen MR) is 76.3 cm³/mol. The van der Waals surface area contributed by atoms with Crippen molar-refractivity contribution in [3.8, 4) is 0 Å². The number of hydrogen-bond acceptors (Lipinski definition) is 3. The van der Waals surface area contributed by atoms with Gasteiger partial charge in [-0.05, 0) is 43.5 Å². The molecular formula is C14H21ClN2O. The molecule has 0 amide bonds. The number of hydrogen-bond donors (Lipinski definition) is 2. The molecule has 0 spiro atoms. The van der Waals surface area contributed by atoms with Gasteiger partial charge in [0.25, 0.3) is 0 Å². The van der Waals surface area contributed by atoms with Gasteiger partial charge in [-0.1, -0.05) is 11.6 Å².